The Morgan fingerprint density at radius 1 is 1.20 bits per heavy atom. The van der Waals surface area contributed by atoms with Crippen LogP contribution in [0, 0.1) is 0 Å². The lowest BCUT2D eigenvalue weighted by Gasteiger charge is -2.41. The van der Waals surface area contributed by atoms with Gasteiger partial charge in [-0.1, -0.05) is 0 Å². The summed E-state index contributed by atoms with van der Waals surface area (Å²) in [5, 5.41) is 6.55. The summed E-state index contributed by atoms with van der Waals surface area (Å²) < 4.78 is 30.6. The van der Waals surface area contributed by atoms with Gasteiger partial charge in [-0.05, 0) is 27.2 Å². The van der Waals surface area contributed by atoms with Crippen molar-refractivity contribution in [1.82, 2.24) is 20.3 Å². The molecule has 0 aliphatic carbocycles. The minimum atomic E-state index is -3.11. The fourth-order valence-electron chi connectivity index (χ4n) is 2.43. The molecule has 0 amide bonds. The van der Waals surface area contributed by atoms with Crippen LogP contribution in [0.5, 0.6) is 0 Å². The van der Waals surface area contributed by atoms with Gasteiger partial charge in [-0.25, -0.2) is 13.1 Å². The first-order chi connectivity index (χ1) is 11.3. The van der Waals surface area contributed by atoms with Crippen molar-refractivity contribution >= 4 is 40.0 Å². The SMILES string of the molecule is CCS(=O)(=O)NCCCNC(=NC)NCC(C)(C)N1CCOCC1.I. The average molecular weight is 491 g/mol. The molecule has 150 valence electrons. The molecule has 1 fully saturated rings. The van der Waals surface area contributed by atoms with Crippen LogP contribution in [0.1, 0.15) is 27.2 Å². The first-order valence-corrected chi connectivity index (χ1v) is 10.2. The van der Waals surface area contributed by atoms with Crippen LogP contribution in [0.4, 0.5) is 0 Å². The Balaban J connectivity index is 0.00000576. The van der Waals surface area contributed by atoms with Crippen LogP contribution in [-0.2, 0) is 14.8 Å². The van der Waals surface area contributed by atoms with Crippen LogP contribution in [0.2, 0.25) is 0 Å². The highest BCUT2D eigenvalue weighted by Crippen LogP contribution is 2.14. The van der Waals surface area contributed by atoms with E-state index in [0.717, 1.165) is 38.8 Å². The van der Waals surface area contributed by atoms with Crippen molar-refractivity contribution in [1.29, 1.82) is 0 Å². The zero-order chi connectivity index (χ0) is 18.1. The molecule has 0 aromatic rings. The highest BCUT2D eigenvalue weighted by Gasteiger charge is 2.28. The van der Waals surface area contributed by atoms with Crippen LogP contribution in [0.25, 0.3) is 0 Å². The number of sulfonamides is 1. The zero-order valence-corrected chi connectivity index (χ0v) is 18.9. The largest absolute Gasteiger partial charge is 0.379 e. The summed E-state index contributed by atoms with van der Waals surface area (Å²) in [6.07, 6.45) is 0.701. The molecule has 0 aromatic carbocycles. The van der Waals surface area contributed by atoms with Crippen molar-refractivity contribution in [3.8, 4) is 0 Å². The first kappa shape index (κ1) is 24.8. The molecule has 3 N–H and O–H groups in total. The number of aliphatic imine (C=N–C) groups is 1. The number of hydrogen-bond acceptors (Lipinski definition) is 5. The summed E-state index contributed by atoms with van der Waals surface area (Å²) in [7, 11) is -1.37. The molecule has 0 saturated carbocycles. The molecule has 1 rings (SSSR count). The van der Waals surface area contributed by atoms with E-state index in [4.69, 9.17) is 4.74 Å². The average Bonchev–Trinajstić information content (AvgIpc) is 2.58. The quantitative estimate of drug-likeness (QED) is 0.185. The predicted octanol–water partition coefficient (Wildman–Crippen LogP) is 0.210. The highest BCUT2D eigenvalue weighted by atomic mass is 127. The lowest BCUT2D eigenvalue weighted by Crippen LogP contribution is -2.56. The Hall–Kier alpha value is -0.170. The molecule has 10 heteroatoms. The molecule has 0 bridgehead atoms. The molecule has 0 spiro atoms. The molecule has 8 nitrogen and oxygen atoms in total. The highest BCUT2D eigenvalue weighted by molar-refractivity contribution is 14.0. The minimum absolute atomic E-state index is 0. The van der Waals surface area contributed by atoms with E-state index in [1.54, 1.807) is 14.0 Å². The number of nitrogens with zero attached hydrogens (tertiary/aromatic N) is 2. The van der Waals surface area contributed by atoms with E-state index >= 15 is 0 Å². The van der Waals surface area contributed by atoms with E-state index in [9.17, 15) is 8.42 Å². The molecule has 0 unspecified atom stereocenters. The molecular weight excluding hydrogens is 457 g/mol. The van der Waals surface area contributed by atoms with Crippen molar-refractivity contribution in [2.45, 2.75) is 32.7 Å². The minimum Gasteiger partial charge on any atom is -0.379 e. The van der Waals surface area contributed by atoms with Gasteiger partial charge >= 0.3 is 0 Å². The zero-order valence-electron chi connectivity index (χ0n) is 15.8. The van der Waals surface area contributed by atoms with Crippen molar-refractivity contribution in [3.05, 3.63) is 0 Å². The fraction of sp³-hybridized carbons (Fsp3) is 0.933. The van der Waals surface area contributed by atoms with Crippen LogP contribution >= 0.6 is 24.0 Å². The van der Waals surface area contributed by atoms with Gasteiger partial charge in [-0.2, -0.15) is 0 Å². The summed E-state index contributed by atoms with van der Waals surface area (Å²) in [4.78, 5) is 6.62. The second-order valence-corrected chi connectivity index (χ2v) is 8.51. The molecule has 1 aliphatic heterocycles. The Kier molecular flexibility index (Phi) is 12.2. The third-order valence-electron chi connectivity index (χ3n) is 4.13. The number of halogens is 1. The second-order valence-electron chi connectivity index (χ2n) is 6.42. The third-order valence-corrected chi connectivity index (χ3v) is 5.53. The van der Waals surface area contributed by atoms with Crippen molar-refractivity contribution < 1.29 is 13.2 Å². The van der Waals surface area contributed by atoms with Gasteiger partial charge in [-0.3, -0.25) is 9.89 Å². The number of morpholine rings is 1. The van der Waals surface area contributed by atoms with Gasteiger partial charge in [0.2, 0.25) is 10.0 Å². The van der Waals surface area contributed by atoms with Gasteiger partial charge in [0.15, 0.2) is 5.96 Å². The lowest BCUT2D eigenvalue weighted by molar-refractivity contribution is -0.00833. The van der Waals surface area contributed by atoms with E-state index in [2.05, 4.69) is 39.1 Å². The molecular formula is C15H34IN5O3S. The summed E-state index contributed by atoms with van der Waals surface area (Å²) in [5.41, 5.74) is 0.0121. The number of nitrogens with one attached hydrogen (secondary N) is 3. The number of rotatable bonds is 9. The Morgan fingerprint density at radius 3 is 2.40 bits per heavy atom. The summed E-state index contributed by atoms with van der Waals surface area (Å²) in [6.45, 7) is 11.3. The van der Waals surface area contributed by atoms with E-state index < -0.39 is 10.0 Å². The Morgan fingerprint density at radius 2 is 1.84 bits per heavy atom. The normalized spacial score (nSPS) is 17.0. The molecule has 1 aliphatic rings. The Labute approximate surface area is 169 Å². The number of guanidine groups is 1. The second kappa shape index (κ2) is 12.3. The standard InChI is InChI=1S/C15H33N5O3S.HI/c1-5-24(21,22)19-8-6-7-17-14(16-4)18-13-15(2,3)20-9-11-23-12-10-20;/h19H,5-13H2,1-4H3,(H2,16,17,18);1H. The summed E-state index contributed by atoms with van der Waals surface area (Å²) >= 11 is 0. The Bertz CT molecular complexity index is 493. The molecule has 0 atom stereocenters. The summed E-state index contributed by atoms with van der Waals surface area (Å²) in [6, 6.07) is 0. The van der Waals surface area contributed by atoms with Crippen molar-refractivity contribution in [3.63, 3.8) is 0 Å². The maximum atomic E-state index is 11.3. The van der Waals surface area contributed by atoms with Crippen LogP contribution < -0.4 is 15.4 Å². The molecule has 25 heavy (non-hydrogen) atoms. The van der Waals surface area contributed by atoms with Crippen LogP contribution in [0.15, 0.2) is 4.99 Å². The topological polar surface area (TPSA) is 95.1 Å². The molecule has 0 aromatic heterocycles. The maximum Gasteiger partial charge on any atom is 0.211 e. The number of ether oxygens (including phenoxy) is 1. The van der Waals surface area contributed by atoms with Crippen molar-refractivity contribution in [2.24, 2.45) is 4.99 Å². The molecule has 0 radical (unpaired) electrons. The fourth-order valence-corrected chi connectivity index (χ4v) is 3.09. The third kappa shape index (κ3) is 9.92. The number of hydrogen-bond donors (Lipinski definition) is 3. The van der Waals surface area contributed by atoms with Crippen molar-refractivity contribution in [2.75, 3.05) is 58.7 Å². The van der Waals surface area contributed by atoms with E-state index in [0.29, 0.717) is 19.5 Å². The van der Waals surface area contributed by atoms with Gasteiger partial charge in [0, 0.05) is 45.3 Å². The first-order valence-electron chi connectivity index (χ1n) is 8.55. The molecule has 1 saturated heterocycles. The smallest absolute Gasteiger partial charge is 0.211 e. The predicted molar refractivity (Wildman–Crippen MR) is 113 cm³/mol. The van der Waals surface area contributed by atoms with Gasteiger partial charge in [0.25, 0.3) is 0 Å². The monoisotopic (exact) mass is 491 g/mol. The summed E-state index contributed by atoms with van der Waals surface area (Å²) in [5.74, 6) is 0.843. The molecule has 1 heterocycles. The van der Waals surface area contributed by atoms with E-state index in [1.165, 1.54) is 0 Å². The van der Waals surface area contributed by atoms with Gasteiger partial charge in [0.1, 0.15) is 0 Å². The van der Waals surface area contributed by atoms with Gasteiger partial charge < -0.3 is 15.4 Å². The van der Waals surface area contributed by atoms with E-state index in [1.807, 2.05) is 0 Å². The van der Waals surface area contributed by atoms with Crippen LogP contribution in [-0.4, -0.2) is 83.6 Å². The van der Waals surface area contributed by atoms with E-state index in [-0.39, 0.29) is 35.3 Å². The van der Waals surface area contributed by atoms with Gasteiger partial charge in [0.05, 0.1) is 19.0 Å². The lowest BCUT2D eigenvalue weighted by atomic mass is 10.0. The maximum absolute atomic E-state index is 11.3. The van der Waals surface area contributed by atoms with Gasteiger partial charge in [-0.15, -0.1) is 24.0 Å². The van der Waals surface area contributed by atoms with Crippen LogP contribution in [0.3, 0.4) is 0 Å².